The summed E-state index contributed by atoms with van der Waals surface area (Å²) in [6, 6.07) is 12.5. The molecule has 0 aliphatic carbocycles. The maximum Gasteiger partial charge on any atom is 0.255 e. The first-order valence-corrected chi connectivity index (χ1v) is 9.48. The van der Waals surface area contributed by atoms with Crippen molar-refractivity contribution in [3.63, 3.8) is 0 Å². The highest BCUT2D eigenvalue weighted by molar-refractivity contribution is 5.97. The number of methoxy groups -OCH3 is 2. The normalized spacial score (nSPS) is 17.0. The van der Waals surface area contributed by atoms with E-state index in [0.717, 1.165) is 25.0 Å². The van der Waals surface area contributed by atoms with Gasteiger partial charge in [0.05, 0.1) is 31.9 Å². The van der Waals surface area contributed by atoms with Crippen LogP contribution in [0.2, 0.25) is 0 Å². The van der Waals surface area contributed by atoms with Gasteiger partial charge in [-0.25, -0.2) is 0 Å². The quantitative estimate of drug-likeness (QED) is 0.750. The molecule has 2 atom stereocenters. The van der Waals surface area contributed by atoms with Crippen LogP contribution < -0.4 is 19.5 Å². The topological polar surface area (TPSA) is 66.0 Å². The highest BCUT2D eigenvalue weighted by Gasteiger charge is 2.20. The molecule has 1 fully saturated rings. The van der Waals surface area contributed by atoms with Crippen LogP contribution >= 0.6 is 0 Å². The first-order chi connectivity index (χ1) is 13.6. The van der Waals surface area contributed by atoms with E-state index in [1.807, 2.05) is 37.3 Å². The number of amides is 1. The van der Waals surface area contributed by atoms with Crippen LogP contribution in [0.1, 0.15) is 41.7 Å². The Morgan fingerprint density at radius 3 is 2.71 bits per heavy atom. The number of carbonyl (C=O) groups excluding carboxylic acids is 1. The molecule has 1 aliphatic rings. The molecule has 6 heteroatoms. The second-order valence-electron chi connectivity index (χ2n) is 6.75. The van der Waals surface area contributed by atoms with Gasteiger partial charge in [0.15, 0.2) is 0 Å². The fraction of sp³-hybridized carbons (Fsp3) is 0.409. The van der Waals surface area contributed by atoms with E-state index in [1.165, 1.54) is 0 Å². The zero-order chi connectivity index (χ0) is 19.9. The van der Waals surface area contributed by atoms with Gasteiger partial charge in [-0.1, -0.05) is 12.1 Å². The van der Waals surface area contributed by atoms with Crippen molar-refractivity contribution in [2.45, 2.75) is 31.9 Å². The molecule has 1 N–H and O–H groups in total. The fourth-order valence-electron chi connectivity index (χ4n) is 3.27. The average molecular weight is 385 g/mol. The van der Waals surface area contributed by atoms with Crippen LogP contribution in [0.3, 0.4) is 0 Å². The SMILES string of the molecule is COc1ccc(OC)c(C(C)NC(=O)c2ccccc2OCC2CCCO2)c1. The third-order valence-corrected chi connectivity index (χ3v) is 4.83. The molecule has 1 heterocycles. The Labute approximate surface area is 165 Å². The maximum atomic E-state index is 12.9. The van der Waals surface area contributed by atoms with Gasteiger partial charge in [-0.3, -0.25) is 4.79 Å². The summed E-state index contributed by atoms with van der Waals surface area (Å²) >= 11 is 0. The van der Waals surface area contributed by atoms with Crippen LogP contribution in [0.4, 0.5) is 0 Å². The molecule has 1 aliphatic heterocycles. The predicted molar refractivity (Wildman–Crippen MR) is 106 cm³/mol. The molecule has 150 valence electrons. The molecule has 0 bridgehead atoms. The van der Waals surface area contributed by atoms with Gasteiger partial charge in [0.2, 0.25) is 0 Å². The highest BCUT2D eigenvalue weighted by Crippen LogP contribution is 2.30. The number of carbonyl (C=O) groups is 1. The van der Waals surface area contributed by atoms with Gasteiger partial charge < -0.3 is 24.3 Å². The number of benzene rings is 2. The second-order valence-corrected chi connectivity index (χ2v) is 6.75. The van der Waals surface area contributed by atoms with Crippen LogP contribution in [0.15, 0.2) is 42.5 Å². The van der Waals surface area contributed by atoms with E-state index < -0.39 is 0 Å². The summed E-state index contributed by atoms with van der Waals surface area (Å²) < 4.78 is 22.2. The van der Waals surface area contributed by atoms with Gasteiger partial charge in [0, 0.05) is 12.2 Å². The van der Waals surface area contributed by atoms with Crippen LogP contribution in [0, 0.1) is 0 Å². The summed E-state index contributed by atoms with van der Waals surface area (Å²) in [4.78, 5) is 12.9. The van der Waals surface area contributed by atoms with Crippen LogP contribution in [0.5, 0.6) is 17.2 Å². The molecule has 1 amide bonds. The van der Waals surface area contributed by atoms with E-state index in [0.29, 0.717) is 29.4 Å². The Balaban J connectivity index is 1.72. The second kappa shape index (κ2) is 9.46. The summed E-state index contributed by atoms with van der Waals surface area (Å²) in [7, 11) is 3.21. The molecule has 0 aromatic heterocycles. The van der Waals surface area contributed by atoms with E-state index in [-0.39, 0.29) is 18.1 Å². The van der Waals surface area contributed by atoms with Crippen molar-refractivity contribution in [3.05, 3.63) is 53.6 Å². The van der Waals surface area contributed by atoms with Gasteiger partial charge in [0.1, 0.15) is 23.9 Å². The van der Waals surface area contributed by atoms with Crippen molar-refractivity contribution >= 4 is 5.91 Å². The number of para-hydroxylation sites is 1. The molecule has 2 aromatic carbocycles. The summed E-state index contributed by atoms with van der Waals surface area (Å²) in [5.41, 5.74) is 1.34. The summed E-state index contributed by atoms with van der Waals surface area (Å²) in [6.45, 7) is 3.13. The summed E-state index contributed by atoms with van der Waals surface area (Å²) in [5.74, 6) is 1.74. The molecule has 0 spiro atoms. The lowest BCUT2D eigenvalue weighted by Crippen LogP contribution is -2.28. The minimum atomic E-state index is -0.274. The Morgan fingerprint density at radius 1 is 1.18 bits per heavy atom. The van der Waals surface area contributed by atoms with Crippen molar-refractivity contribution in [1.29, 1.82) is 0 Å². The molecule has 0 radical (unpaired) electrons. The van der Waals surface area contributed by atoms with Gasteiger partial charge in [-0.05, 0) is 50.1 Å². The minimum absolute atomic E-state index is 0.0936. The molecule has 0 saturated carbocycles. The van der Waals surface area contributed by atoms with Crippen molar-refractivity contribution in [2.75, 3.05) is 27.4 Å². The Bertz CT molecular complexity index is 801. The molecular formula is C22H27NO5. The van der Waals surface area contributed by atoms with Crippen LogP contribution in [0.25, 0.3) is 0 Å². The minimum Gasteiger partial charge on any atom is -0.497 e. The van der Waals surface area contributed by atoms with Gasteiger partial charge >= 0.3 is 0 Å². The Kier molecular flexibility index (Phi) is 6.76. The molecule has 2 aromatic rings. The van der Waals surface area contributed by atoms with Gasteiger partial charge in [0.25, 0.3) is 5.91 Å². The molecule has 6 nitrogen and oxygen atoms in total. The lowest BCUT2D eigenvalue weighted by atomic mass is 10.1. The largest absolute Gasteiger partial charge is 0.497 e. The van der Waals surface area contributed by atoms with E-state index in [2.05, 4.69) is 5.32 Å². The summed E-state index contributed by atoms with van der Waals surface area (Å²) in [6.07, 6.45) is 2.13. The average Bonchev–Trinajstić information content (AvgIpc) is 3.25. The number of hydrogen-bond acceptors (Lipinski definition) is 5. The lowest BCUT2D eigenvalue weighted by Gasteiger charge is -2.19. The molecule has 1 saturated heterocycles. The smallest absolute Gasteiger partial charge is 0.255 e. The van der Waals surface area contributed by atoms with Crippen LogP contribution in [-0.4, -0.2) is 39.4 Å². The zero-order valence-corrected chi connectivity index (χ0v) is 16.6. The van der Waals surface area contributed by atoms with Crippen molar-refractivity contribution in [1.82, 2.24) is 5.32 Å². The number of rotatable bonds is 8. The van der Waals surface area contributed by atoms with Crippen LogP contribution in [-0.2, 0) is 4.74 Å². The molecular weight excluding hydrogens is 358 g/mol. The zero-order valence-electron chi connectivity index (χ0n) is 16.6. The lowest BCUT2D eigenvalue weighted by molar-refractivity contribution is 0.0670. The number of hydrogen-bond donors (Lipinski definition) is 1. The van der Waals surface area contributed by atoms with E-state index in [1.54, 1.807) is 26.4 Å². The highest BCUT2D eigenvalue weighted by atomic mass is 16.5. The fourth-order valence-corrected chi connectivity index (χ4v) is 3.27. The Morgan fingerprint density at radius 2 is 2.00 bits per heavy atom. The van der Waals surface area contributed by atoms with Crippen molar-refractivity contribution < 1.29 is 23.7 Å². The molecule has 2 unspecified atom stereocenters. The number of nitrogens with one attached hydrogen (secondary N) is 1. The third kappa shape index (κ3) is 4.75. The van der Waals surface area contributed by atoms with Crippen molar-refractivity contribution in [3.8, 4) is 17.2 Å². The van der Waals surface area contributed by atoms with Crippen molar-refractivity contribution in [2.24, 2.45) is 0 Å². The van der Waals surface area contributed by atoms with Gasteiger partial charge in [-0.2, -0.15) is 0 Å². The molecule has 28 heavy (non-hydrogen) atoms. The first kappa shape index (κ1) is 20.0. The summed E-state index contributed by atoms with van der Waals surface area (Å²) in [5, 5.41) is 3.02. The van der Waals surface area contributed by atoms with E-state index >= 15 is 0 Å². The Hall–Kier alpha value is -2.73. The maximum absolute atomic E-state index is 12.9. The standard InChI is InChI=1S/C22H27NO5/c1-15(19-13-16(25-2)10-11-20(19)26-3)23-22(24)18-8-4-5-9-21(18)28-14-17-7-6-12-27-17/h4-5,8-11,13,15,17H,6-7,12,14H2,1-3H3,(H,23,24). The van der Waals surface area contributed by atoms with E-state index in [4.69, 9.17) is 18.9 Å². The first-order valence-electron chi connectivity index (χ1n) is 9.48. The number of ether oxygens (including phenoxy) is 4. The van der Waals surface area contributed by atoms with E-state index in [9.17, 15) is 4.79 Å². The van der Waals surface area contributed by atoms with Gasteiger partial charge in [-0.15, -0.1) is 0 Å². The predicted octanol–water partition coefficient (Wildman–Crippen LogP) is 3.75. The third-order valence-electron chi connectivity index (χ3n) is 4.83. The monoisotopic (exact) mass is 385 g/mol. The molecule has 3 rings (SSSR count).